The van der Waals surface area contributed by atoms with Crippen LogP contribution in [0.5, 0.6) is 0 Å². The molecule has 2 amide bonds. The van der Waals surface area contributed by atoms with Gasteiger partial charge in [-0.05, 0) is 43.0 Å². The summed E-state index contributed by atoms with van der Waals surface area (Å²) in [7, 11) is 1.48. The van der Waals surface area contributed by atoms with Crippen LogP contribution in [-0.4, -0.2) is 42.1 Å². The van der Waals surface area contributed by atoms with Crippen molar-refractivity contribution in [3.05, 3.63) is 47.1 Å². The van der Waals surface area contributed by atoms with E-state index in [2.05, 4.69) is 26.1 Å². The molecular formula is C17H21N5O3. The molecule has 8 nitrogen and oxygen atoms in total. The van der Waals surface area contributed by atoms with Gasteiger partial charge in [-0.3, -0.25) is 9.59 Å². The first kappa shape index (κ1) is 17.1. The molecule has 1 atom stereocenters. The number of nitrogens with one attached hydrogen (secondary N) is 3. The molecule has 1 aliphatic rings. The highest BCUT2D eigenvalue weighted by atomic mass is 16.5. The maximum absolute atomic E-state index is 12.2. The van der Waals surface area contributed by atoms with Crippen LogP contribution in [0.25, 0.3) is 0 Å². The number of aromatic nitrogens is 2. The lowest BCUT2D eigenvalue weighted by Gasteiger charge is -2.23. The Morgan fingerprint density at radius 2 is 2.08 bits per heavy atom. The minimum absolute atomic E-state index is 0.0582. The molecule has 1 aliphatic heterocycles. The quantitative estimate of drug-likeness (QED) is 0.742. The van der Waals surface area contributed by atoms with Gasteiger partial charge in [0.15, 0.2) is 0 Å². The summed E-state index contributed by atoms with van der Waals surface area (Å²) >= 11 is 0. The van der Waals surface area contributed by atoms with E-state index in [9.17, 15) is 9.59 Å². The molecule has 132 valence electrons. The van der Waals surface area contributed by atoms with E-state index in [4.69, 9.17) is 4.52 Å². The van der Waals surface area contributed by atoms with E-state index in [1.54, 1.807) is 0 Å². The van der Waals surface area contributed by atoms with Crippen molar-refractivity contribution in [2.24, 2.45) is 0 Å². The monoisotopic (exact) mass is 343 g/mol. The molecule has 2 aromatic rings. The Morgan fingerprint density at radius 3 is 2.76 bits per heavy atom. The first-order chi connectivity index (χ1) is 12.2. The Labute approximate surface area is 145 Å². The fraction of sp³-hybridized carbons (Fsp3) is 0.412. The van der Waals surface area contributed by atoms with E-state index in [1.807, 2.05) is 24.3 Å². The molecule has 0 aliphatic carbocycles. The normalized spacial score (nSPS) is 17.1. The van der Waals surface area contributed by atoms with Gasteiger partial charge in [-0.2, -0.15) is 4.98 Å². The third-order valence-electron chi connectivity index (χ3n) is 4.24. The first-order valence-electron chi connectivity index (χ1n) is 8.31. The molecule has 0 radical (unpaired) electrons. The van der Waals surface area contributed by atoms with E-state index < -0.39 is 5.91 Å². The van der Waals surface area contributed by atoms with Crippen molar-refractivity contribution in [1.29, 1.82) is 0 Å². The Bertz CT molecular complexity index is 735. The van der Waals surface area contributed by atoms with E-state index in [0.717, 1.165) is 13.1 Å². The molecule has 0 unspecified atom stereocenters. The number of hydrogen-bond donors (Lipinski definition) is 3. The number of rotatable bonds is 5. The smallest absolute Gasteiger partial charge is 0.292 e. The minimum atomic E-state index is -0.436. The molecule has 25 heavy (non-hydrogen) atoms. The number of piperidine rings is 1. The molecule has 0 bridgehead atoms. The summed E-state index contributed by atoms with van der Waals surface area (Å²) in [6, 6.07) is 7.65. The van der Waals surface area contributed by atoms with Crippen molar-refractivity contribution in [1.82, 2.24) is 26.1 Å². The highest BCUT2D eigenvalue weighted by molar-refractivity contribution is 5.94. The molecule has 1 saturated heterocycles. The summed E-state index contributed by atoms with van der Waals surface area (Å²) in [6.07, 6.45) is 2.35. The third-order valence-corrected chi connectivity index (χ3v) is 4.24. The van der Waals surface area contributed by atoms with Gasteiger partial charge in [0.1, 0.15) is 0 Å². The minimum Gasteiger partial charge on any atom is -0.352 e. The molecule has 3 rings (SSSR count). The average Bonchev–Trinajstić information content (AvgIpc) is 3.15. The van der Waals surface area contributed by atoms with Crippen LogP contribution in [0.3, 0.4) is 0 Å². The summed E-state index contributed by atoms with van der Waals surface area (Å²) in [5.74, 6) is -0.0384. The van der Waals surface area contributed by atoms with Gasteiger partial charge < -0.3 is 20.5 Å². The molecule has 3 N–H and O–H groups in total. The van der Waals surface area contributed by atoms with Crippen LogP contribution in [0.2, 0.25) is 0 Å². The third kappa shape index (κ3) is 4.21. The second-order valence-electron chi connectivity index (χ2n) is 5.94. The van der Waals surface area contributed by atoms with Gasteiger partial charge in [0.25, 0.3) is 17.6 Å². The zero-order valence-electron chi connectivity index (χ0n) is 14.0. The van der Waals surface area contributed by atoms with Crippen LogP contribution in [0.15, 0.2) is 28.8 Å². The van der Waals surface area contributed by atoms with Crippen molar-refractivity contribution in [3.63, 3.8) is 0 Å². The number of carbonyl (C=O) groups is 2. The van der Waals surface area contributed by atoms with E-state index in [0.29, 0.717) is 11.5 Å². The lowest BCUT2D eigenvalue weighted by Crippen LogP contribution is -2.28. The summed E-state index contributed by atoms with van der Waals surface area (Å²) in [5, 5.41) is 12.0. The first-order valence-corrected chi connectivity index (χ1v) is 8.31. The van der Waals surface area contributed by atoms with Gasteiger partial charge in [-0.15, -0.1) is 0 Å². The van der Waals surface area contributed by atoms with Crippen LogP contribution in [0.4, 0.5) is 0 Å². The SMILES string of the molecule is CNC(=O)c1noc(CNC(=O)c2ccc([C@@H]3CCCNC3)cc2)n1. The lowest BCUT2D eigenvalue weighted by atomic mass is 9.91. The van der Waals surface area contributed by atoms with Crippen LogP contribution >= 0.6 is 0 Å². The number of nitrogens with zero attached hydrogens (tertiary/aromatic N) is 2. The zero-order valence-corrected chi connectivity index (χ0v) is 14.0. The van der Waals surface area contributed by atoms with Crippen molar-refractivity contribution in [2.75, 3.05) is 20.1 Å². The van der Waals surface area contributed by atoms with Gasteiger partial charge in [-0.25, -0.2) is 0 Å². The van der Waals surface area contributed by atoms with Gasteiger partial charge in [-0.1, -0.05) is 17.3 Å². The maximum atomic E-state index is 12.2. The molecule has 1 aromatic carbocycles. The van der Waals surface area contributed by atoms with E-state index in [-0.39, 0.29) is 24.2 Å². The summed E-state index contributed by atoms with van der Waals surface area (Å²) in [6.45, 7) is 2.13. The zero-order chi connectivity index (χ0) is 17.6. The highest BCUT2D eigenvalue weighted by Crippen LogP contribution is 2.23. The fourth-order valence-electron chi connectivity index (χ4n) is 2.83. The summed E-state index contributed by atoms with van der Waals surface area (Å²) in [5.41, 5.74) is 1.81. The standard InChI is InChI=1S/C17H21N5O3/c1-18-17(24)15-21-14(25-22-15)10-20-16(23)12-6-4-11(5-7-12)13-3-2-8-19-9-13/h4-7,13,19H,2-3,8-10H2,1H3,(H,18,24)(H,20,23)/t13-/m1/s1. The number of benzene rings is 1. The van der Waals surface area contributed by atoms with Crippen molar-refractivity contribution >= 4 is 11.8 Å². The fourth-order valence-corrected chi connectivity index (χ4v) is 2.83. The van der Waals surface area contributed by atoms with Crippen molar-refractivity contribution in [2.45, 2.75) is 25.3 Å². The Hall–Kier alpha value is -2.74. The van der Waals surface area contributed by atoms with Crippen molar-refractivity contribution < 1.29 is 14.1 Å². The number of amides is 2. The van der Waals surface area contributed by atoms with E-state index >= 15 is 0 Å². The van der Waals surface area contributed by atoms with Gasteiger partial charge >= 0.3 is 0 Å². The Kier molecular flexibility index (Phi) is 5.39. The Balaban J connectivity index is 1.56. The number of hydrogen-bond acceptors (Lipinski definition) is 6. The molecular weight excluding hydrogens is 322 g/mol. The van der Waals surface area contributed by atoms with Crippen LogP contribution in [0.1, 0.15) is 51.2 Å². The number of carbonyl (C=O) groups excluding carboxylic acids is 2. The predicted molar refractivity (Wildman–Crippen MR) is 90.1 cm³/mol. The average molecular weight is 343 g/mol. The summed E-state index contributed by atoms with van der Waals surface area (Å²) in [4.78, 5) is 27.5. The maximum Gasteiger partial charge on any atom is 0.292 e. The van der Waals surface area contributed by atoms with Gasteiger partial charge in [0.05, 0.1) is 6.54 Å². The van der Waals surface area contributed by atoms with Crippen LogP contribution in [0, 0.1) is 0 Å². The molecule has 0 spiro atoms. The second-order valence-corrected chi connectivity index (χ2v) is 5.94. The van der Waals surface area contributed by atoms with E-state index in [1.165, 1.54) is 25.5 Å². The van der Waals surface area contributed by atoms with Crippen LogP contribution < -0.4 is 16.0 Å². The molecule has 1 aromatic heterocycles. The molecule has 1 fully saturated rings. The largest absolute Gasteiger partial charge is 0.352 e. The summed E-state index contributed by atoms with van der Waals surface area (Å²) < 4.78 is 4.93. The Morgan fingerprint density at radius 1 is 1.28 bits per heavy atom. The van der Waals surface area contributed by atoms with Gasteiger partial charge in [0.2, 0.25) is 5.89 Å². The molecule has 0 saturated carbocycles. The predicted octanol–water partition coefficient (Wildman–Crippen LogP) is 0.826. The lowest BCUT2D eigenvalue weighted by molar-refractivity contribution is 0.0938. The topological polar surface area (TPSA) is 109 Å². The highest BCUT2D eigenvalue weighted by Gasteiger charge is 2.16. The molecule has 8 heteroatoms. The second kappa shape index (κ2) is 7.89. The van der Waals surface area contributed by atoms with Crippen LogP contribution in [-0.2, 0) is 6.54 Å². The molecule has 2 heterocycles. The van der Waals surface area contributed by atoms with Gasteiger partial charge in [0, 0.05) is 19.2 Å². The van der Waals surface area contributed by atoms with Crippen molar-refractivity contribution in [3.8, 4) is 0 Å².